The average molecular weight is 488 g/mol. The fraction of sp³-hybridized carbons (Fsp3) is 0.318. The Morgan fingerprint density at radius 2 is 1.81 bits per heavy atom. The summed E-state index contributed by atoms with van der Waals surface area (Å²) in [6, 6.07) is 10.4. The minimum atomic E-state index is -0.339. The number of hydrogen-bond acceptors (Lipinski definition) is 5. The largest absolute Gasteiger partial charge is 0.444 e. The first-order valence-corrected chi connectivity index (χ1v) is 11.0. The van der Waals surface area contributed by atoms with E-state index in [0.29, 0.717) is 16.0 Å². The lowest BCUT2D eigenvalue weighted by molar-refractivity contribution is -0.115. The number of benzene rings is 1. The number of nitrogens with one attached hydrogen (secondary N) is 2. The molecule has 0 radical (unpaired) electrons. The Balaban J connectivity index is 1.48. The smallest absolute Gasteiger partial charge is 0.291 e. The van der Waals surface area contributed by atoms with Gasteiger partial charge in [0.15, 0.2) is 10.4 Å². The van der Waals surface area contributed by atoms with Gasteiger partial charge in [0.05, 0.1) is 24.8 Å². The fourth-order valence-electron chi connectivity index (χ4n) is 3.06. The maximum atomic E-state index is 12.4. The molecule has 0 spiro atoms. The number of carbonyl (C=O) groups excluding carboxylic acids is 2. The molecule has 0 unspecified atom stereocenters. The highest BCUT2D eigenvalue weighted by Crippen LogP contribution is 2.17. The zero-order valence-corrected chi connectivity index (χ0v) is 19.2. The molecule has 0 saturated heterocycles. The summed E-state index contributed by atoms with van der Waals surface area (Å²) in [5, 5.41) is 9.94. The molecule has 164 valence electrons. The SMILES string of the molecule is CCN(CC)CCn1cc(NC(=O)Cc2ccc(NC(=O)c3ccc(Br)o3)cc2)cn1. The van der Waals surface area contributed by atoms with Crippen LogP contribution in [-0.4, -0.2) is 46.1 Å². The number of furan rings is 1. The van der Waals surface area contributed by atoms with Crippen LogP contribution in [0.15, 0.2) is 57.9 Å². The quantitative estimate of drug-likeness (QED) is 0.450. The van der Waals surface area contributed by atoms with Crippen molar-refractivity contribution < 1.29 is 14.0 Å². The Morgan fingerprint density at radius 3 is 2.45 bits per heavy atom. The standard InChI is InChI=1S/C22H26BrN5O3/c1-3-27(4-2)11-12-28-15-18(14-24-28)25-21(29)13-16-5-7-17(8-6-16)26-22(30)19-9-10-20(23)31-19/h5-10,14-15H,3-4,11-13H2,1-2H3,(H,25,29)(H,26,30). The number of nitrogens with zero attached hydrogens (tertiary/aromatic N) is 3. The lowest BCUT2D eigenvalue weighted by Gasteiger charge is -2.17. The summed E-state index contributed by atoms with van der Waals surface area (Å²) in [6.45, 7) is 7.98. The van der Waals surface area contributed by atoms with Crippen LogP contribution in [0.25, 0.3) is 0 Å². The van der Waals surface area contributed by atoms with Gasteiger partial charge in [-0.15, -0.1) is 0 Å². The molecule has 0 aliphatic carbocycles. The molecular formula is C22H26BrN5O3. The number of rotatable bonds is 10. The molecule has 3 aromatic rings. The Morgan fingerprint density at radius 1 is 1.06 bits per heavy atom. The second-order valence-electron chi connectivity index (χ2n) is 7.00. The van der Waals surface area contributed by atoms with Crippen LogP contribution in [0.4, 0.5) is 11.4 Å². The van der Waals surface area contributed by atoms with Gasteiger partial charge in [-0.1, -0.05) is 26.0 Å². The van der Waals surface area contributed by atoms with E-state index in [4.69, 9.17) is 4.42 Å². The molecule has 2 N–H and O–H groups in total. The van der Waals surface area contributed by atoms with Crippen molar-refractivity contribution in [1.29, 1.82) is 0 Å². The molecule has 0 saturated carbocycles. The molecule has 0 atom stereocenters. The maximum absolute atomic E-state index is 12.4. The van der Waals surface area contributed by atoms with E-state index in [1.807, 2.05) is 10.9 Å². The molecule has 0 aliphatic heterocycles. The first-order valence-electron chi connectivity index (χ1n) is 10.2. The van der Waals surface area contributed by atoms with Gasteiger partial charge in [0.1, 0.15) is 0 Å². The second-order valence-corrected chi connectivity index (χ2v) is 7.78. The lowest BCUT2D eigenvalue weighted by atomic mass is 10.1. The van der Waals surface area contributed by atoms with Crippen molar-refractivity contribution >= 4 is 39.1 Å². The van der Waals surface area contributed by atoms with Crippen molar-refractivity contribution in [2.45, 2.75) is 26.8 Å². The molecule has 1 aromatic carbocycles. The monoisotopic (exact) mass is 487 g/mol. The van der Waals surface area contributed by atoms with Crippen LogP contribution in [0, 0.1) is 0 Å². The molecule has 8 nitrogen and oxygen atoms in total. The number of carbonyl (C=O) groups is 2. The fourth-order valence-corrected chi connectivity index (χ4v) is 3.37. The zero-order valence-electron chi connectivity index (χ0n) is 17.6. The van der Waals surface area contributed by atoms with Crippen molar-refractivity contribution in [3.8, 4) is 0 Å². The third kappa shape index (κ3) is 6.80. The molecule has 0 fully saturated rings. The number of likely N-dealkylation sites (N-methyl/N-ethyl adjacent to an activating group) is 1. The molecule has 31 heavy (non-hydrogen) atoms. The van der Waals surface area contributed by atoms with Crippen molar-refractivity contribution in [3.63, 3.8) is 0 Å². The highest BCUT2D eigenvalue weighted by atomic mass is 79.9. The third-order valence-electron chi connectivity index (χ3n) is 4.83. The minimum Gasteiger partial charge on any atom is -0.444 e. The molecule has 2 amide bonds. The zero-order chi connectivity index (χ0) is 22.2. The first-order chi connectivity index (χ1) is 15.0. The Labute approximate surface area is 189 Å². The third-order valence-corrected chi connectivity index (χ3v) is 5.26. The van der Waals surface area contributed by atoms with Crippen molar-refractivity contribution in [2.75, 3.05) is 30.3 Å². The Bertz CT molecular complexity index is 1010. The van der Waals surface area contributed by atoms with Gasteiger partial charge >= 0.3 is 0 Å². The van der Waals surface area contributed by atoms with Crippen LogP contribution in [0.3, 0.4) is 0 Å². The molecule has 2 aromatic heterocycles. The van der Waals surface area contributed by atoms with E-state index in [2.05, 4.69) is 50.4 Å². The normalized spacial score (nSPS) is 11.0. The van der Waals surface area contributed by atoms with Gasteiger partial charge in [0.25, 0.3) is 5.91 Å². The van der Waals surface area contributed by atoms with Crippen LogP contribution < -0.4 is 10.6 Å². The lowest BCUT2D eigenvalue weighted by Crippen LogP contribution is -2.27. The summed E-state index contributed by atoms with van der Waals surface area (Å²) in [6.07, 6.45) is 3.72. The van der Waals surface area contributed by atoms with E-state index in [0.717, 1.165) is 31.7 Å². The van der Waals surface area contributed by atoms with Crippen LogP contribution in [0.5, 0.6) is 0 Å². The molecule has 2 heterocycles. The van der Waals surface area contributed by atoms with E-state index >= 15 is 0 Å². The van der Waals surface area contributed by atoms with Gasteiger partial charge in [0.2, 0.25) is 5.91 Å². The number of halogens is 1. The van der Waals surface area contributed by atoms with Gasteiger partial charge in [-0.25, -0.2) is 0 Å². The van der Waals surface area contributed by atoms with E-state index in [1.165, 1.54) is 0 Å². The number of hydrogen-bond donors (Lipinski definition) is 2. The first kappa shape index (κ1) is 22.8. The summed E-state index contributed by atoms with van der Waals surface area (Å²) in [4.78, 5) is 26.8. The van der Waals surface area contributed by atoms with E-state index in [9.17, 15) is 9.59 Å². The summed E-state index contributed by atoms with van der Waals surface area (Å²) < 4.78 is 7.56. The Hall–Kier alpha value is -2.91. The van der Waals surface area contributed by atoms with Crippen LogP contribution in [0.1, 0.15) is 30.0 Å². The maximum Gasteiger partial charge on any atom is 0.291 e. The van der Waals surface area contributed by atoms with E-state index in [1.54, 1.807) is 42.6 Å². The van der Waals surface area contributed by atoms with Gasteiger partial charge in [-0.2, -0.15) is 5.10 Å². The molecule has 3 rings (SSSR count). The molecule has 0 aliphatic rings. The highest BCUT2D eigenvalue weighted by Gasteiger charge is 2.11. The topological polar surface area (TPSA) is 92.4 Å². The Kier molecular flexibility index (Phi) is 8.02. The van der Waals surface area contributed by atoms with Gasteiger partial charge in [-0.05, 0) is 58.8 Å². The average Bonchev–Trinajstić information content (AvgIpc) is 3.39. The van der Waals surface area contributed by atoms with Crippen LogP contribution >= 0.6 is 15.9 Å². The molecule has 0 bridgehead atoms. The van der Waals surface area contributed by atoms with E-state index in [-0.39, 0.29) is 24.0 Å². The number of aromatic nitrogens is 2. The summed E-state index contributed by atoms with van der Waals surface area (Å²) >= 11 is 3.17. The van der Waals surface area contributed by atoms with Gasteiger partial charge in [0, 0.05) is 18.4 Å². The van der Waals surface area contributed by atoms with Gasteiger partial charge < -0.3 is 20.0 Å². The molecular weight excluding hydrogens is 462 g/mol. The van der Waals surface area contributed by atoms with E-state index < -0.39 is 0 Å². The van der Waals surface area contributed by atoms with Gasteiger partial charge in [-0.3, -0.25) is 14.3 Å². The van der Waals surface area contributed by atoms with Crippen LogP contribution in [0.2, 0.25) is 0 Å². The molecule has 9 heteroatoms. The highest BCUT2D eigenvalue weighted by molar-refractivity contribution is 9.10. The summed E-state index contributed by atoms with van der Waals surface area (Å²) in [7, 11) is 0. The second kappa shape index (κ2) is 10.9. The van der Waals surface area contributed by atoms with Crippen molar-refractivity contribution in [1.82, 2.24) is 14.7 Å². The summed E-state index contributed by atoms with van der Waals surface area (Å²) in [5.41, 5.74) is 2.14. The number of amides is 2. The van der Waals surface area contributed by atoms with Crippen molar-refractivity contribution in [2.24, 2.45) is 0 Å². The predicted octanol–water partition coefficient (Wildman–Crippen LogP) is 4.01. The minimum absolute atomic E-state index is 0.125. The van der Waals surface area contributed by atoms with Crippen LogP contribution in [-0.2, 0) is 17.8 Å². The van der Waals surface area contributed by atoms with Crippen molar-refractivity contribution in [3.05, 3.63) is 64.8 Å². The predicted molar refractivity (Wildman–Crippen MR) is 123 cm³/mol. The summed E-state index contributed by atoms with van der Waals surface area (Å²) in [5.74, 6) is -0.248. The number of anilines is 2.